The third kappa shape index (κ3) is 2.16. The molecule has 2 rings (SSSR count). The summed E-state index contributed by atoms with van der Waals surface area (Å²) >= 11 is 5.79. The number of aromatic amines is 1. The van der Waals surface area contributed by atoms with Crippen molar-refractivity contribution in [1.29, 1.82) is 0 Å². The highest BCUT2D eigenvalue weighted by Crippen LogP contribution is 2.18. The molecule has 0 saturated carbocycles. The second-order valence-electron chi connectivity index (χ2n) is 3.34. The molecule has 1 aromatic carbocycles. The summed E-state index contributed by atoms with van der Waals surface area (Å²) in [5.41, 5.74) is 6.59. The van der Waals surface area contributed by atoms with Gasteiger partial charge in [0.05, 0.1) is 6.04 Å². The largest absolute Gasteiger partial charge is 0.322 e. The van der Waals surface area contributed by atoms with Crippen LogP contribution in [0.4, 0.5) is 0 Å². The molecule has 3 N–H and O–H groups in total. The number of halogens is 1. The van der Waals surface area contributed by atoms with E-state index in [1.54, 1.807) is 12.1 Å². The van der Waals surface area contributed by atoms with Crippen molar-refractivity contribution >= 4 is 11.6 Å². The molecular formula is C10H11ClN4. The number of benzene rings is 1. The van der Waals surface area contributed by atoms with Crippen LogP contribution in [0.25, 0.3) is 11.4 Å². The average Bonchev–Trinajstić information content (AvgIpc) is 2.68. The number of rotatable bonds is 2. The van der Waals surface area contributed by atoms with Gasteiger partial charge in [0.25, 0.3) is 0 Å². The zero-order valence-corrected chi connectivity index (χ0v) is 8.99. The molecule has 15 heavy (non-hydrogen) atoms. The van der Waals surface area contributed by atoms with E-state index >= 15 is 0 Å². The predicted octanol–water partition coefficient (Wildman–Crippen LogP) is 2.14. The van der Waals surface area contributed by atoms with Crippen LogP contribution in [0.3, 0.4) is 0 Å². The molecule has 0 saturated heterocycles. The van der Waals surface area contributed by atoms with Gasteiger partial charge in [-0.15, -0.1) is 0 Å². The van der Waals surface area contributed by atoms with Gasteiger partial charge >= 0.3 is 0 Å². The number of nitrogens with one attached hydrogen (secondary N) is 1. The first-order valence-corrected chi connectivity index (χ1v) is 4.98. The average molecular weight is 223 g/mol. The fourth-order valence-corrected chi connectivity index (χ4v) is 1.33. The second kappa shape index (κ2) is 4.00. The van der Waals surface area contributed by atoms with E-state index in [2.05, 4.69) is 15.2 Å². The number of nitrogens with zero attached hydrogens (tertiary/aromatic N) is 2. The zero-order chi connectivity index (χ0) is 10.8. The Morgan fingerprint density at radius 3 is 2.53 bits per heavy atom. The highest BCUT2D eigenvalue weighted by Gasteiger charge is 2.08. The van der Waals surface area contributed by atoms with Gasteiger partial charge in [-0.3, -0.25) is 5.10 Å². The minimum Gasteiger partial charge on any atom is -0.322 e. The van der Waals surface area contributed by atoms with Gasteiger partial charge in [0.2, 0.25) is 0 Å². The van der Waals surface area contributed by atoms with Gasteiger partial charge in [-0.25, -0.2) is 4.98 Å². The van der Waals surface area contributed by atoms with Gasteiger partial charge in [0.1, 0.15) is 5.82 Å². The van der Waals surface area contributed by atoms with Gasteiger partial charge in [-0.05, 0) is 31.2 Å². The summed E-state index contributed by atoms with van der Waals surface area (Å²) in [5, 5.41) is 7.57. The van der Waals surface area contributed by atoms with Crippen molar-refractivity contribution in [3.05, 3.63) is 35.1 Å². The number of H-pyrrole nitrogens is 1. The normalized spacial score (nSPS) is 12.7. The van der Waals surface area contributed by atoms with Crippen LogP contribution in [0.15, 0.2) is 24.3 Å². The molecule has 2 aromatic rings. The molecule has 0 amide bonds. The van der Waals surface area contributed by atoms with Crippen LogP contribution < -0.4 is 5.73 Å². The molecule has 0 aliphatic rings. The van der Waals surface area contributed by atoms with Gasteiger partial charge in [0, 0.05) is 10.6 Å². The molecule has 4 nitrogen and oxygen atoms in total. The molecule has 0 spiro atoms. The lowest BCUT2D eigenvalue weighted by Crippen LogP contribution is -2.06. The van der Waals surface area contributed by atoms with Crippen LogP contribution in [0.2, 0.25) is 5.02 Å². The smallest absolute Gasteiger partial charge is 0.181 e. The Morgan fingerprint density at radius 2 is 2.00 bits per heavy atom. The molecule has 1 unspecified atom stereocenters. The minimum atomic E-state index is -0.140. The molecule has 0 aliphatic heterocycles. The maximum absolute atomic E-state index is 5.79. The molecule has 0 bridgehead atoms. The SMILES string of the molecule is CC(N)c1nc(-c2ccc(Cl)cc2)n[nH]1. The van der Waals surface area contributed by atoms with E-state index in [0.29, 0.717) is 16.7 Å². The number of nitrogens with two attached hydrogens (primary N) is 1. The topological polar surface area (TPSA) is 67.6 Å². The van der Waals surface area contributed by atoms with E-state index < -0.39 is 0 Å². The van der Waals surface area contributed by atoms with Crippen LogP contribution in [0, 0.1) is 0 Å². The van der Waals surface area contributed by atoms with E-state index in [1.807, 2.05) is 19.1 Å². The Hall–Kier alpha value is -1.39. The van der Waals surface area contributed by atoms with Gasteiger partial charge < -0.3 is 5.73 Å². The fraction of sp³-hybridized carbons (Fsp3) is 0.200. The van der Waals surface area contributed by atoms with Gasteiger partial charge in [0.15, 0.2) is 5.82 Å². The van der Waals surface area contributed by atoms with Crippen molar-refractivity contribution in [2.24, 2.45) is 5.73 Å². The molecule has 0 radical (unpaired) electrons. The van der Waals surface area contributed by atoms with E-state index in [-0.39, 0.29) is 6.04 Å². The van der Waals surface area contributed by atoms with Crippen molar-refractivity contribution < 1.29 is 0 Å². The van der Waals surface area contributed by atoms with Crippen LogP contribution >= 0.6 is 11.6 Å². The maximum atomic E-state index is 5.79. The molecule has 0 fully saturated rings. The lowest BCUT2D eigenvalue weighted by atomic mass is 10.2. The summed E-state index contributed by atoms with van der Waals surface area (Å²) in [5.74, 6) is 1.32. The standard InChI is InChI=1S/C10H11ClN4/c1-6(12)9-13-10(15-14-9)7-2-4-8(11)5-3-7/h2-6H,12H2,1H3,(H,13,14,15). The number of hydrogen-bond acceptors (Lipinski definition) is 3. The Morgan fingerprint density at radius 1 is 1.33 bits per heavy atom. The minimum absolute atomic E-state index is 0.140. The van der Waals surface area contributed by atoms with Crippen molar-refractivity contribution in [3.8, 4) is 11.4 Å². The molecule has 5 heteroatoms. The van der Waals surface area contributed by atoms with E-state index in [1.165, 1.54) is 0 Å². The summed E-state index contributed by atoms with van der Waals surface area (Å²) in [7, 11) is 0. The third-order valence-corrected chi connectivity index (χ3v) is 2.29. The molecule has 1 atom stereocenters. The molecule has 1 heterocycles. The predicted molar refractivity (Wildman–Crippen MR) is 59.4 cm³/mol. The first-order valence-electron chi connectivity index (χ1n) is 4.60. The van der Waals surface area contributed by atoms with Crippen molar-refractivity contribution in [2.75, 3.05) is 0 Å². The summed E-state index contributed by atoms with van der Waals surface area (Å²) < 4.78 is 0. The van der Waals surface area contributed by atoms with Crippen molar-refractivity contribution in [1.82, 2.24) is 15.2 Å². The lowest BCUT2D eigenvalue weighted by molar-refractivity contribution is 0.745. The lowest BCUT2D eigenvalue weighted by Gasteiger charge is -1.96. The Balaban J connectivity index is 2.33. The quantitative estimate of drug-likeness (QED) is 0.818. The number of aromatic nitrogens is 3. The Labute approximate surface area is 92.5 Å². The molecule has 0 aliphatic carbocycles. The Kier molecular flexibility index (Phi) is 2.70. The summed E-state index contributed by atoms with van der Waals surface area (Å²) in [6.07, 6.45) is 0. The highest BCUT2D eigenvalue weighted by molar-refractivity contribution is 6.30. The van der Waals surface area contributed by atoms with Crippen molar-refractivity contribution in [2.45, 2.75) is 13.0 Å². The summed E-state index contributed by atoms with van der Waals surface area (Å²) in [4.78, 5) is 4.27. The van der Waals surface area contributed by atoms with Gasteiger partial charge in [-0.2, -0.15) is 5.10 Å². The fourth-order valence-electron chi connectivity index (χ4n) is 1.21. The molecule has 78 valence electrons. The first-order chi connectivity index (χ1) is 7.16. The maximum Gasteiger partial charge on any atom is 0.181 e. The highest BCUT2D eigenvalue weighted by atomic mass is 35.5. The van der Waals surface area contributed by atoms with E-state index in [4.69, 9.17) is 17.3 Å². The van der Waals surface area contributed by atoms with Crippen LogP contribution in [-0.2, 0) is 0 Å². The molecule has 1 aromatic heterocycles. The third-order valence-electron chi connectivity index (χ3n) is 2.04. The van der Waals surface area contributed by atoms with E-state index in [0.717, 1.165) is 5.56 Å². The first kappa shape index (κ1) is 10.1. The van der Waals surface area contributed by atoms with Gasteiger partial charge in [-0.1, -0.05) is 11.6 Å². The Bertz CT molecular complexity index is 447. The van der Waals surface area contributed by atoms with E-state index in [9.17, 15) is 0 Å². The number of hydrogen-bond donors (Lipinski definition) is 2. The van der Waals surface area contributed by atoms with Crippen LogP contribution in [0.1, 0.15) is 18.8 Å². The second-order valence-corrected chi connectivity index (χ2v) is 3.78. The monoisotopic (exact) mass is 222 g/mol. The summed E-state index contributed by atoms with van der Waals surface area (Å²) in [6.45, 7) is 1.85. The van der Waals surface area contributed by atoms with Crippen LogP contribution in [-0.4, -0.2) is 15.2 Å². The summed E-state index contributed by atoms with van der Waals surface area (Å²) in [6, 6.07) is 7.21. The molecular weight excluding hydrogens is 212 g/mol. The van der Waals surface area contributed by atoms with Crippen molar-refractivity contribution in [3.63, 3.8) is 0 Å². The zero-order valence-electron chi connectivity index (χ0n) is 8.24. The van der Waals surface area contributed by atoms with Crippen LogP contribution in [0.5, 0.6) is 0 Å².